The average Bonchev–Trinajstić information content (AvgIpc) is 3.57. The molecule has 1 saturated heterocycles. The highest BCUT2D eigenvalue weighted by Crippen LogP contribution is 2.34. The number of para-hydroxylation sites is 1. The number of benzene rings is 2. The molecule has 3 amide bonds. The van der Waals surface area contributed by atoms with Crippen LogP contribution in [-0.2, 0) is 25.5 Å². The van der Waals surface area contributed by atoms with E-state index >= 15 is 0 Å². The summed E-state index contributed by atoms with van der Waals surface area (Å²) >= 11 is 0. The Morgan fingerprint density at radius 1 is 1.09 bits per heavy atom. The molecule has 2 aromatic carbocycles. The number of hydrogen-bond donors (Lipinski definition) is 1. The van der Waals surface area contributed by atoms with Gasteiger partial charge in [-0.15, -0.1) is 0 Å². The van der Waals surface area contributed by atoms with Crippen LogP contribution in [0.2, 0.25) is 0 Å². The van der Waals surface area contributed by atoms with Crippen LogP contribution < -0.4 is 4.90 Å². The first-order chi connectivity index (χ1) is 16.5. The van der Waals surface area contributed by atoms with Crippen LogP contribution in [0.15, 0.2) is 54.7 Å². The monoisotopic (exact) mass is 459 g/mol. The van der Waals surface area contributed by atoms with Crippen molar-refractivity contribution in [1.82, 2.24) is 9.88 Å². The number of H-pyrrole nitrogens is 1. The molecular weight excluding hydrogens is 434 g/mol. The molecule has 1 saturated carbocycles. The van der Waals surface area contributed by atoms with E-state index in [4.69, 9.17) is 4.74 Å². The van der Waals surface area contributed by atoms with Crippen molar-refractivity contribution >= 4 is 40.3 Å². The maximum Gasteiger partial charge on any atom is 0.337 e. The van der Waals surface area contributed by atoms with Crippen LogP contribution in [0, 0.1) is 5.92 Å². The maximum absolute atomic E-state index is 13.4. The molecule has 1 N–H and O–H groups in total. The molecular formula is C26H25N3O5. The van der Waals surface area contributed by atoms with Gasteiger partial charge < -0.3 is 14.6 Å². The molecule has 8 nitrogen and oxygen atoms in total. The van der Waals surface area contributed by atoms with Gasteiger partial charge in [-0.3, -0.25) is 14.4 Å². The minimum Gasteiger partial charge on any atom is -0.465 e. The second kappa shape index (κ2) is 8.78. The topological polar surface area (TPSA) is 99.8 Å². The number of hydrogen-bond acceptors (Lipinski definition) is 5. The minimum atomic E-state index is -0.828. The number of carbonyl (C=O) groups is 4. The van der Waals surface area contributed by atoms with E-state index in [2.05, 4.69) is 4.98 Å². The third kappa shape index (κ3) is 3.96. The number of methoxy groups -OCH3 is 1. The fourth-order valence-corrected chi connectivity index (χ4v) is 4.56. The van der Waals surface area contributed by atoms with Crippen LogP contribution in [-0.4, -0.2) is 53.3 Å². The number of imide groups is 1. The molecule has 0 radical (unpaired) electrons. The normalized spacial score (nSPS) is 17.9. The largest absolute Gasteiger partial charge is 0.465 e. The summed E-state index contributed by atoms with van der Waals surface area (Å²) in [5.74, 6) is -1.40. The summed E-state index contributed by atoms with van der Waals surface area (Å²) in [5, 5.41) is 1.09. The summed E-state index contributed by atoms with van der Waals surface area (Å²) in [6, 6.07) is 13.2. The van der Waals surface area contributed by atoms with Gasteiger partial charge in [-0.25, -0.2) is 9.69 Å². The fraction of sp³-hybridized carbons (Fsp3) is 0.308. The van der Waals surface area contributed by atoms with Gasteiger partial charge >= 0.3 is 5.97 Å². The van der Waals surface area contributed by atoms with Crippen LogP contribution in [0.1, 0.15) is 35.2 Å². The first kappa shape index (κ1) is 21.9. The number of nitrogens with zero attached hydrogens (tertiary/aromatic N) is 2. The van der Waals surface area contributed by atoms with Gasteiger partial charge in [0.05, 0.1) is 24.8 Å². The molecule has 0 bridgehead atoms. The predicted octanol–water partition coefficient (Wildman–Crippen LogP) is 3.07. The lowest BCUT2D eigenvalue weighted by Crippen LogP contribution is -2.47. The van der Waals surface area contributed by atoms with Gasteiger partial charge in [-0.05, 0) is 55.2 Å². The Bertz CT molecular complexity index is 1280. The zero-order chi connectivity index (χ0) is 23.8. The van der Waals surface area contributed by atoms with Crippen molar-refractivity contribution in [2.45, 2.75) is 31.7 Å². The summed E-state index contributed by atoms with van der Waals surface area (Å²) in [6.45, 7) is 0.357. The van der Waals surface area contributed by atoms with Crippen molar-refractivity contribution in [3.8, 4) is 0 Å². The number of fused-ring (bicyclic) bond motifs is 1. The van der Waals surface area contributed by atoms with E-state index < -0.39 is 17.9 Å². The van der Waals surface area contributed by atoms with Crippen molar-refractivity contribution < 1.29 is 23.9 Å². The molecule has 1 aliphatic carbocycles. The highest BCUT2D eigenvalue weighted by atomic mass is 16.5. The second-order valence-electron chi connectivity index (χ2n) is 8.74. The average molecular weight is 460 g/mol. The molecule has 2 fully saturated rings. The number of aromatic nitrogens is 1. The third-order valence-corrected chi connectivity index (χ3v) is 6.55. The summed E-state index contributed by atoms with van der Waals surface area (Å²) in [7, 11) is 1.29. The molecule has 1 atom stereocenters. The third-order valence-electron chi connectivity index (χ3n) is 6.55. The van der Waals surface area contributed by atoms with Crippen LogP contribution in [0.4, 0.5) is 5.69 Å². The fourth-order valence-electron chi connectivity index (χ4n) is 4.56. The minimum absolute atomic E-state index is 0.0517. The number of carbonyl (C=O) groups excluding carboxylic acids is 4. The summed E-state index contributed by atoms with van der Waals surface area (Å²) in [4.78, 5) is 57.0. The molecule has 1 aliphatic heterocycles. The van der Waals surface area contributed by atoms with Gasteiger partial charge in [0.1, 0.15) is 6.04 Å². The highest BCUT2D eigenvalue weighted by Gasteiger charge is 2.46. The number of ether oxygens (including phenoxy) is 1. The molecule has 1 unspecified atom stereocenters. The molecule has 2 heterocycles. The standard InChI is InChI=1S/C26H25N3O5/c1-34-26(33)17-8-10-19(11-9-17)29-23(30)14-22(25(29)32)28(24(31)16-6-7-16)13-12-18-15-27-21-5-3-2-4-20(18)21/h2-5,8-11,15-16,22,27H,6-7,12-14H2,1H3. The summed E-state index contributed by atoms with van der Waals surface area (Å²) < 4.78 is 4.70. The van der Waals surface area contributed by atoms with E-state index in [9.17, 15) is 19.2 Å². The van der Waals surface area contributed by atoms with E-state index in [-0.39, 0.29) is 24.2 Å². The zero-order valence-corrected chi connectivity index (χ0v) is 18.8. The van der Waals surface area contributed by atoms with Gasteiger partial charge in [-0.1, -0.05) is 18.2 Å². The lowest BCUT2D eigenvalue weighted by Gasteiger charge is -2.28. The molecule has 174 valence electrons. The van der Waals surface area contributed by atoms with E-state index in [1.807, 2.05) is 30.5 Å². The molecule has 0 spiro atoms. The number of aromatic amines is 1. The number of esters is 1. The van der Waals surface area contributed by atoms with Gasteiger partial charge in [0.2, 0.25) is 11.8 Å². The molecule has 2 aliphatic rings. The smallest absolute Gasteiger partial charge is 0.337 e. The van der Waals surface area contributed by atoms with E-state index in [0.29, 0.717) is 24.2 Å². The second-order valence-corrected chi connectivity index (χ2v) is 8.74. The molecule has 34 heavy (non-hydrogen) atoms. The molecule has 3 aromatic rings. The van der Waals surface area contributed by atoms with Gasteiger partial charge in [0, 0.05) is 29.6 Å². The lowest BCUT2D eigenvalue weighted by atomic mass is 10.1. The van der Waals surface area contributed by atoms with Crippen LogP contribution in [0.5, 0.6) is 0 Å². The first-order valence-corrected chi connectivity index (χ1v) is 11.4. The Morgan fingerprint density at radius 2 is 1.82 bits per heavy atom. The van der Waals surface area contributed by atoms with Crippen molar-refractivity contribution in [1.29, 1.82) is 0 Å². The summed E-state index contributed by atoms with van der Waals surface area (Å²) in [5.41, 5.74) is 2.79. The highest BCUT2D eigenvalue weighted by molar-refractivity contribution is 6.23. The van der Waals surface area contributed by atoms with Crippen LogP contribution in [0.3, 0.4) is 0 Å². The van der Waals surface area contributed by atoms with Gasteiger partial charge in [0.25, 0.3) is 5.91 Å². The Labute approximate surface area is 196 Å². The van der Waals surface area contributed by atoms with E-state index in [1.165, 1.54) is 19.2 Å². The van der Waals surface area contributed by atoms with Crippen LogP contribution in [0.25, 0.3) is 10.9 Å². The predicted molar refractivity (Wildman–Crippen MR) is 125 cm³/mol. The number of nitrogens with one attached hydrogen (secondary N) is 1. The van der Waals surface area contributed by atoms with Crippen molar-refractivity contribution in [3.05, 3.63) is 65.9 Å². The van der Waals surface area contributed by atoms with Gasteiger partial charge in [-0.2, -0.15) is 0 Å². The van der Waals surface area contributed by atoms with Gasteiger partial charge in [0.15, 0.2) is 0 Å². The number of amides is 3. The van der Waals surface area contributed by atoms with Crippen molar-refractivity contribution in [2.24, 2.45) is 5.92 Å². The first-order valence-electron chi connectivity index (χ1n) is 11.4. The van der Waals surface area contributed by atoms with Crippen LogP contribution >= 0.6 is 0 Å². The number of anilines is 1. The number of rotatable bonds is 7. The van der Waals surface area contributed by atoms with E-state index in [0.717, 1.165) is 34.2 Å². The van der Waals surface area contributed by atoms with Crippen molar-refractivity contribution in [2.75, 3.05) is 18.6 Å². The van der Waals surface area contributed by atoms with E-state index in [1.54, 1.807) is 17.0 Å². The SMILES string of the molecule is COC(=O)c1ccc(N2C(=O)CC(N(CCc3c[nH]c4ccccc34)C(=O)C3CC3)C2=O)cc1. The molecule has 8 heteroatoms. The lowest BCUT2D eigenvalue weighted by molar-refractivity contribution is -0.139. The molecule has 1 aromatic heterocycles. The Kier molecular flexibility index (Phi) is 5.65. The quantitative estimate of drug-likeness (QED) is 0.432. The Hall–Kier alpha value is -3.94. The summed E-state index contributed by atoms with van der Waals surface area (Å²) in [6.07, 6.45) is 4.09. The Morgan fingerprint density at radius 3 is 2.53 bits per heavy atom. The zero-order valence-electron chi connectivity index (χ0n) is 18.8. The Balaban J connectivity index is 1.37. The molecule has 5 rings (SSSR count). The van der Waals surface area contributed by atoms with Crippen molar-refractivity contribution in [3.63, 3.8) is 0 Å². The maximum atomic E-state index is 13.4.